The summed E-state index contributed by atoms with van der Waals surface area (Å²) in [5, 5.41) is 6.02. The number of nitrogens with two attached hydrogens (primary N) is 1. The van der Waals surface area contributed by atoms with Gasteiger partial charge in [0.1, 0.15) is 5.75 Å². The fraction of sp³-hybridized carbons (Fsp3) is 0.556. The molecule has 4 N–H and O–H groups in total. The number of rotatable bonds is 7. The Labute approximate surface area is 167 Å². The van der Waals surface area contributed by atoms with Crippen molar-refractivity contribution in [3.05, 3.63) is 29.8 Å². The van der Waals surface area contributed by atoms with Gasteiger partial charge in [-0.15, -0.1) is 24.0 Å². The molecule has 0 aromatic heterocycles. The van der Waals surface area contributed by atoms with Crippen molar-refractivity contribution in [3.63, 3.8) is 0 Å². The van der Waals surface area contributed by atoms with E-state index in [4.69, 9.17) is 10.5 Å². The van der Waals surface area contributed by atoms with E-state index in [1.807, 2.05) is 45.0 Å². The minimum absolute atomic E-state index is 0. The molecule has 0 spiro atoms. The van der Waals surface area contributed by atoms with Gasteiger partial charge in [0.2, 0.25) is 0 Å². The molecule has 0 bridgehead atoms. The fourth-order valence-corrected chi connectivity index (χ4v) is 2.13. The van der Waals surface area contributed by atoms with E-state index >= 15 is 0 Å². The Balaban J connectivity index is 0.00000312. The maximum absolute atomic E-state index is 11.6. The van der Waals surface area contributed by atoms with Gasteiger partial charge in [0.25, 0.3) is 5.91 Å². The van der Waals surface area contributed by atoms with Crippen LogP contribution >= 0.6 is 24.0 Å². The Hall–Kier alpha value is -1.51. The molecule has 0 heterocycles. The average molecular weight is 460 g/mol. The summed E-state index contributed by atoms with van der Waals surface area (Å²) < 4.78 is 5.48. The van der Waals surface area contributed by atoms with Gasteiger partial charge >= 0.3 is 0 Å². The maximum Gasteiger partial charge on any atom is 0.258 e. The van der Waals surface area contributed by atoms with E-state index in [-0.39, 0.29) is 42.0 Å². The molecule has 1 aromatic rings. The summed E-state index contributed by atoms with van der Waals surface area (Å²) in [7, 11) is 0. The number of carbonyl (C=O) groups excluding carboxylic acids is 1. The molecule has 1 aliphatic carbocycles. The normalized spacial score (nSPS) is 14.4. The van der Waals surface area contributed by atoms with E-state index in [1.54, 1.807) is 0 Å². The lowest BCUT2D eigenvalue weighted by Crippen LogP contribution is -2.45. The van der Waals surface area contributed by atoms with Crippen molar-refractivity contribution in [2.45, 2.75) is 51.6 Å². The van der Waals surface area contributed by atoms with Crippen LogP contribution in [0, 0.1) is 0 Å². The number of benzene rings is 1. The molecule has 1 fully saturated rings. The molecule has 25 heavy (non-hydrogen) atoms. The van der Waals surface area contributed by atoms with Crippen LogP contribution in [0.3, 0.4) is 0 Å². The number of nitrogens with zero attached hydrogens (tertiary/aromatic N) is 1. The first-order valence-corrected chi connectivity index (χ1v) is 8.41. The third-order valence-corrected chi connectivity index (χ3v) is 3.42. The zero-order valence-corrected chi connectivity index (χ0v) is 17.5. The van der Waals surface area contributed by atoms with Crippen molar-refractivity contribution in [1.29, 1.82) is 0 Å². The molecule has 0 radical (unpaired) electrons. The summed E-state index contributed by atoms with van der Waals surface area (Å²) in [6.07, 6.45) is 2.96. The number of hydrogen-bond acceptors (Lipinski definition) is 3. The Kier molecular flexibility index (Phi) is 8.47. The lowest BCUT2D eigenvalue weighted by atomic mass is 10.1. The van der Waals surface area contributed by atoms with Gasteiger partial charge < -0.3 is 21.1 Å². The van der Waals surface area contributed by atoms with Gasteiger partial charge in [0, 0.05) is 18.1 Å². The largest absolute Gasteiger partial charge is 0.484 e. The van der Waals surface area contributed by atoms with E-state index in [1.165, 1.54) is 0 Å². The van der Waals surface area contributed by atoms with Gasteiger partial charge in [-0.25, -0.2) is 0 Å². The highest BCUT2D eigenvalue weighted by Gasteiger charge is 2.23. The molecule has 1 aromatic carbocycles. The van der Waals surface area contributed by atoms with E-state index in [9.17, 15) is 4.79 Å². The number of halogens is 1. The zero-order chi connectivity index (χ0) is 17.6. The van der Waals surface area contributed by atoms with Gasteiger partial charge in [0.05, 0.1) is 0 Å². The van der Waals surface area contributed by atoms with E-state index in [0.29, 0.717) is 24.3 Å². The second-order valence-corrected chi connectivity index (χ2v) is 7.17. The molecule has 0 atom stereocenters. The number of amides is 1. The molecule has 7 heteroatoms. The molecular formula is C18H29IN4O2. The Bertz CT molecular complexity index is 578. The first-order valence-electron chi connectivity index (χ1n) is 8.41. The minimum Gasteiger partial charge on any atom is -0.484 e. The van der Waals surface area contributed by atoms with Gasteiger partial charge in [-0.2, -0.15) is 0 Å². The lowest BCUT2D eigenvalue weighted by molar-refractivity contribution is -0.123. The lowest BCUT2D eigenvalue weighted by Gasteiger charge is -2.20. The monoisotopic (exact) mass is 460 g/mol. The van der Waals surface area contributed by atoms with E-state index in [2.05, 4.69) is 15.6 Å². The number of carbonyl (C=O) groups is 1. The predicted molar refractivity (Wildman–Crippen MR) is 112 cm³/mol. The van der Waals surface area contributed by atoms with Crippen LogP contribution in [0.5, 0.6) is 5.75 Å². The Morgan fingerprint density at radius 3 is 2.48 bits per heavy atom. The highest BCUT2D eigenvalue weighted by molar-refractivity contribution is 14.0. The highest BCUT2D eigenvalue weighted by atomic mass is 127. The molecule has 1 amide bonds. The highest BCUT2D eigenvalue weighted by Crippen LogP contribution is 2.18. The van der Waals surface area contributed by atoms with Crippen LogP contribution < -0.4 is 21.1 Å². The van der Waals surface area contributed by atoms with Gasteiger partial charge in [0.15, 0.2) is 12.6 Å². The fourth-order valence-electron chi connectivity index (χ4n) is 2.13. The number of hydrogen-bond donors (Lipinski definition) is 3. The van der Waals surface area contributed by atoms with Gasteiger partial charge in [-0.05, 0) is 57.7 Å². The summed E-state index contributed by atoms with van der Waals surface area (Å²) in [6, 6.07) is 8.08. The van der Waals surface area contributed by atoms with Crippen molar-refractivity contribution in [1.82, 2.24) is 10.6 Å². The Morgan fingerprint density at radius 1 is 1.28 bits per heavy atom. The van der Waals surface area contributed by atoms with Crippen LogP contribution in [0.25, 0.3) is 0 Å². The third kappa shape index (κ3) is 9.52. The van der Waals surface area contributed by atoms with Crippen molar-refractivity contribution < 1.29 is 9.53 Å². The summed E-state index contributed by atoms with van der Waals surface area (Å²) in [4.78, 5) is 15.9. The second-order valence-electron chi connectivity index (χ2n) is 7.17. The summed E-state index contributed by atoms with van der Waals surface area (Å²) in [5.74, 6) is 1.10. The summed E-state index contributed by atoms with van der Waals surface area (Å²) >= 11 is 0. The number of aliphatic imine (C=N–C) groups is 1. The molecule has 1 aliphatic rings. The molecule has 0 aliphatic heterocycles. The SMILES string of the molecule is CC(C)(C)NC(N)=NCCc1ccc(OCC(=O)NC2CC2)cc1.I. The smallest absolute Gasteiger partial charge is 0.258 e. The molecule has 140 valence electrons. The predicted octanol–water partition coefficient (Wildman–Crippen LogP) is 2.21. The van der Waals surface area contributed by atoms with Crippen LogP contribution in [0.2, 0.25) is 0 Å². The van der Waals surface area contributed by atoms with E-state index in [0.717, 1.165) is 24.8 Å². The standard InChI is InChI=1S/C18H28N4O2.HI/c1-18(2,3)22-17(19)20-11-10-13-4-8-15(9-5-13)24-12-16(23)21-14-6-7-14;/h4-5,8-9,14H,6-7,10-12H2,1-3H3,(H,21,23)(H3,19,20,22);1H. The number of guanidine groups is 1. The molecule has 0 saturated heterocycles. The molecular weight excluding hydrogens is 431 g/mol. The molecule has 6 nitrogen and oxygen atoms in total. The van der Waals surface area contributed by atoms with Crippen LogP contribution in [0.15, 0.2) is 29.3 Å². The zero-order valence-electron chi connectivity index (χ0n) is 15.2. The molecule has 2 rings (SSSR count). The molecule has 0 unspecified atom stereocenters. The van der Waals surface area contributed by atoms with Crippen LogP contribution in [0.1, 0.15) is 39.2 Å². The van der Waals surface area contributed by atoms with Gasteiger partial charge in [-0.3, -0.25) is 9.79 Å². The first-order chi connectivity index (χ1) is 11.3. The van der Waals surface area contributed by atoms with Crippen LogP contribution in [0.4, 0.5) is 0 Å². The average Bonchev–Trinajstić information content (AvgIpc) is 3.28. The number of nitrogens with one attached hydrogen (secondary N) is 2. The third-order valence-electron chi connectivity index (χ3n) is 3.42. The first kappa shape index (κ1) is 21.5. The summed E-state index contributed by atoms with van der Waals surface area (Å²) in [5.41, 5.74) is 6.90. The van der Waals surface area contributed by atoms with Crippen LogP contribution in [-0.2, 0) is 11.2 Å². The Morgan fingerprint density at radius 2 is 1.92 bits per heavy atom. The topological polar surface area (TPSA) is 88.7 Å². The van der Waals surface area contributed by atoms with Gasteiger partial charge in [-0.1, -0.05) is 12.1 Å². The molecule has 1 saturated carbocycles. The summed E-state index contributed by atoms with van der Waals surface area (Å²) in [6.45, 7) is 6.81. The van der Waals surface area contributed by atoms with Crippen molar-refractivity contribution in [3.8, 4) is 5.75 Å². The quantitative estimate of drug-likeness (QED) is 0.331. The van der Waals surface area contributed by atoms with Crippen molar-refractivity contribution >= 4 is 35.8 Å². The van der Waals surface area contributed by atoms with Crippen LogP contribution in [-0.4, -0.2) is 36.6 Å². The van der Waals surface area contributed by atoms with Crippen molar-refractivity contribution in [2.75, 3.05) is 13.2 Å². The minimum atomic E-state index is -0.0850. The van der Waals surface area contributed by atoms with Crippen molar-refractivity contribution in [2.24, 2.45) is 10.7 Å². The second kappa shape index (κ2) is 9.84. The number of ether oxygens (including phenoxy) is 1. The van der Waals surface area contributed by atoms with E-state index < -0.39 is 0 Å². The maximum atomic E-state index is 11.6.